The molecule has 9 nitrogen and oxygen atoms in total. The van der Waals surface area contributed by atoms with Crippen LogP contribution in [0.15, 0.2) is 94.8 Å². The van der Waals surface area contributed by atoms with Gasteiger partial charge in [0, 0.05) is 60.7 Å². The lowest BCUT2D eigenvalue weighted by Crippen LogP contribution is -2.46. The molecule has 2 unspecified atom stereocenters. The van der Waals surface area contributed by atoms with Crippen molar-refractivity contribution in [3.63, 3.8) is 0 Å². The molecule has 1 aliphatic heterocycles. The molecule has 0 saturated carbocycles. The molecule has 0 bridgehead atoms. The van der Waals surface area contributed by atoms with Crippen LogP contribution in [-0.4, -0.2) is 39.7 Å². The fraction of sp³-hybridized carbons (Fsp3) is 0.143. The van der Waals surface area contributed by atoms with Crippen LogP contribution in [0.1, 0.15) is 31.8 Å². The number of carbonyl (C=O) groups is 2. The van der Waals surface area contributed by atoms with Crippen molar-refractivity contribution < 1.29 is 45.1 Å². The lowest BCUT2D eigenvalue weighted by molar-refractivity contribution is 0.0395. The predicted octanol–water partition coefficient (Wildman–Crippen LogP) is 7.14. The first-order valence-electron chi connectivity index (χ1n) is 17.5. The molecule has 4 aromatic carbocycles. The number of pyridine rings is 2. The van der Waals surface area contributed by atoms with Crippen LogP contribution in [0, 0.1) is 60.5 Å². The number of ether oxygens (including phenoxy) is 1. The molecular weight excluding hydrogens is 773 g/mol. The van der Waals surface area contributed by atoms with Crippen molar-refractivity contribution in [2.45, 2.75) is 19.4 Å². The molecule has 3 heterocycles. The van der Waals surface area contributed by atoms with E-state index in [4.69, 9.17) is 10.5 Å². The zero-order valence-electron chi connectivity index (χ0n) is 30.2. The number of halogens is 7. The molecule has 2 aliphatic rings. The number of nitrogens with two attached hydrogens (primary N) is 1. The van der Waals surface area contributed by atoms with Gasteiger partial charge in [0.15, 0.2) is 11.6 Å². The highest BCUT2D eigenvalue weighted by Gasteiger charge is 2.42. The third-order valence-electron chi connectivity index (χ3n) is 10.6. The van der Waals surface area contributed by atoms with Crippen molar-refractivity contribution in [2.24, 2.45) is 11.7 Å². The van der Waals surface area contributed by atoms with Gasteiger partial charge in [0.25, 0.3) is 0 Å². The summed E-state index contributed by atoms with van der Waals surface area (Å²) in [5.41, 5.74) is -1.07. The largest absolute Gasteiger partial charge is 0.385 e. The minimum absolute atomic E-state index is 0.0102. The Morgan fingerprint density at radius 1 is 0.690 bits per heavy atom. The molecule has 0 amide bonds. The Bertz CT molecular complexity index is 3010. The molecule has 16 heteroatoms. The Balaban J connectivity index is 1.28. The van der Waals surface area contributed by atoms with Gasteiger partial charge in [-0.25, -0.2) is 40.3 Å². The predicted molar refractivity (Wildman–Crippen MR) is 199 cm³/mol. The number of allylic oxidation sites excluding steroid dienone is 2. The van der Waals surface area contributed by atoms with Gasteiger partial charge in [-0.05, 0) is 44.2 Å². The minimum atomic E-state index is -1.75. The van der Waals surface area contributed by atoms with Crippen molar-refractivity contribution in [3.8, 4) is 11.4 Å². The second kappa shape index (κ2) is 13.7. The molecule has 2 N–H and O–H groups in total. The van der Waals surface area contributed by atoms with E-state index in [9.17, 15) is 36.7 Å². The van der Waals surface area contributed by atoms with Crippen molar-refractivity contribution in [1.29, 1.82) is 0 Å². The van der Waals surface area contributed by atoms with Crippen molar-refractivity contribution in [1.82, 2.24) is 9.13 Å². The third-order valence-corrected chi connectivity index (χ3v) is 10.6. The van der Waals surface area contributed by atoms with Gasteiger partial charge in [0.05, 0.1) is 44.4 Å². The highest BCUT2D eigenvalue weighted by atomic mass is 19.2. The first-order valence-corrected chi connectivity index (χ1v) is 17.5. The van der Waals surface area contributed by atoms with E-state index in [1.54, 1.807) is 17.1 Å². The first kappa shape index (κ1) is 38.1. The second-order valence-corrected chi connectivity index (χ2v) is 14.1. The van der Waals surface area contributed by atoms with Gasteiger partial charge in [-0.15, -0.1) is 0 Å². The van der Waals surface area contributed by atoms with Crippen LogP contribution in [0.3, 0.4) is 0 Å². The maximum Gasteiger partial charge on any atom is 0.351 e. The monoisotopic (exact) mass is 800 g/mol. The number of esters is 2. The van der Waals surface area contributed by atoms with Crippen LogP contribution in [0.5, 0.6) is 0 Å². The van der Waals surface area contributed by atoms with Crippen LogP contribution in [0.2, 0.25) is 0 Å². The maximum absolute atomic E-state index is 16.4. The number of benzene rings is 4. The Hall–Kier alpha value is -6.81. The highest BCUT2D eigenvalue weighted by molar-refractivity contribution is 6.05. The van der Waals surface area contributed by atoms with Gasteiger partial charge in [0.1, 0.15) is 40.2 Å². The number of hydrogen-bond acceptors (Lipinski definition) is 7. The Morgan fingerprint density at radius 3 is 1.72 bits per heavy atom. The lowest BCUT2D eigenvalue weighted by Gasteiger charge is -2.27. The first-order chi connectivity index (χ1) is 27.5. The summed E-state index contributed by atoms with van der Waals surface area (Å²) >= 11 is 0. The van der Waals surface area contributed by atoms with Gasteiger partial charge < -0.3 is 24.5 Å². The summed E-state index contributed by atoms with van der Waals surface area (Å²) in [5.74, 6) is -11.8. The van der Waals surface area contributed by atoms with Crippen LogP contribution in [-0.2, 0) is 4.74 Å². The molecule has 6 aromatic rings. The maximum atomic E-state index is 16.4. The molecule has 2 aromatic heterocycles. The molecule has 1 saturated heterocycles. The van der Waals surface area contributed by atoms with E-state index >= 15 is 13.2 Å². The molecule has 1 aliphatic carbocycles. The summed E-state index contributed by atoms with van der Waals surface area (Å²) in [6.45, 7) is 2.68. The number of fused-ring (bicyclic) bond motifs is 3. The van der Waals surface area contributed by atoms with Gasteiger partial charge in [-0.1, -0.05) is 24.3 Å². The van der Waals surface area contributed by atoms with E-state index in [0.29, 0.717) is 24.4 Å². The van der Waals surface area contributed by atoms with Crippen LogP contribution < -0.4 is 21.5 Å². The summed E-state index contributed by atoms with van der Waals surface area (Å²) in [6.07, 6.45) is 8.71. The van der Waals surface area contributed by atoms with Crippen LogP contribution >= 0.6 is 0 Å². The average Bonchev–Trinajstić information content (AvgIpc) is 3.53. The second-order valence-electron chi connectivity index (χ2n) is 14.1. The Labute approximate surface area is 322 Å². The summed E-state index contributed by atoms with van der Waals surface area (Å²) in [4.78, 5) is 56.9. The number of nitrogens with zero attached hydrogens (tertiary/aromatic N) is 3. The van der Waals surface area contributed by atoms with E-state index in [2.05, 4.69) is 0 Å². The molecule has 2 atom stereocenters. The summed E-state index contributed by atoms with van der Waals surface area (Å²) < 4.78 is 111. The number of hydrogen-bond donors (Lipinski definition) is 1. The lowest BCUT2D eigenvalue weighted by atomic mass is 9.85. The average molecular weight is 801 g/mol. The van der Waals surface area contributed by atoms with Gasteiger partial charge >= 0.3 is 11.9 Å². The molecule has 294 valence electrons. The Kier molecular flexibility index (Phi) is 8.99. The van der Waals surface area contributed by atoms with Crippen LogP contribution in [0.25, 0.3) is 33.2 Å². The standard InChI is InChI=1S/C42H27F7N4O5/c1-19-34-31(13-28(47)36(19)48)52(29-8-6-22(43)11-26(29)45)16-24(38(34)54)40(56)58-41(57)25-17-53(30-9-7-23(44)12-27(30)46)32-14-33(37(49)20(2)35(32)39(25)55)51-15-21-5-3-4-10-42(21,50)18-51/h3-14,16-17,21H,15,18,50H2,1-2H3. The fourth-order valence-electron chi connectivity index (χ4n) is 7.65. The van der Waals surface area contributed by atoms with E-state index in [1.165, 1.54) is 13.0 Å². The number of carbonyl (C=O) groups excluding carboxylic acids is 2. The molecular formula is C42H27F7N4O5. The Morgan fingerprint density at radius 2 is 1.21 bits per heavy atom. The van der Waals surface area contributed by atoms with Crippen molar-refractivity contribution >= 4 is 39.4 Å². The summed E-state index contributed by atoms with van der Waals surface area (Å²) in [7, 11) is 0. The van der Waals surface area contributed by atoms with Crippen LogP contribution in [0.4, 0.5) is 36.4 Å². The van der Waals surface area contributed by atoms with E-state index < -0.39 is 113 Å². The zero-order valence-corrected chi connectivity index (χ0v) is 30.2. The molecule has 0 radical (unpaired) electrons. The van der Waals surface area contributed by atoms with Gasteiger partial charge in [-0.3, -0.25) is 9.59 Å². The van der Waals surface area contributed by atoms with E-state index in [0.717, 1.165) is 46.5 Å². The number of aromatic nitrogens is 2. The zero-order chi connectivity index (χ0) is 41.5. The highest BCUT2D eigenvalue weighted by Crippen LogP contribution is 2.38. The molecule has 0 spiro atoms. The summed E-state index contributed by atoms with van der Waals surface area (Å²) in [5, 5.41) is -1.07. The number of anilines is 1. The summed E-state index contributed by atoms with van der Waals surface area (Å²) in [6, 6.07) is 6.41. The molecule has 58 heavy (non-hydrogen) atoms. The smallest absolute Gasteiger partial charge is 0.351 e. The number of rotatable bonds is 5. The third kappa shape index (κ3) is 5.98. The van der Waals surface area contributed by atoms with Crippen molar-refractivity contribution in [2.75, 3.05) is 18.0 Å². The van der Waals surface area contributed by atoms with Gasteiger partial charge in [-0.2, -0.15) is 0 Å². The van der Waals surface area contributed by atoms with E-state index in [-0.39, 0.29) is 35.8 Å². The fourth-order valence-corrected chi connectivity index (χ4v) is 7.65. The van der Waals surface area contributed by atoms with Gasteiger partial charge in [0.2, 0.25) is 10.9 Å². The number of aryl methyl sites for hydroxylation is 2. The minimum Gasteiger partial charge on any atom is -0.385 e. The molecule has 8 rings (SSSR count). The topological polar surface area (TPSA) is 117 Å². The molecule has 1 fully saturated rings. The SMILES string of the molecule is Cc1c(F)c(F)cc2c1c(=O)c(C(=O)OC(=O)c1cn(-c3ccc(F)cc3F)c3cc(N4CC5C=CC=CC5(N)C4)c(F)c(C)c3c1=O)cn2-c1ccc(F)cc1F. The van der Waals surface area contributed by atoms with Crippen molar-refractivity contribution in [3.05, 3.63) is 169 Å². The normalized spacial score (nSPS) is 17.3. The quantitative estimate of drug-likeness (QED) is 0.112. The van der Waals surface area contributed by atoms with E-state index in [1.807, 2.05) is 12.2 Å².